The van der Waals surface area contributed by atoms with Gasteiger partial charge in [-0.2, -0.15) is 54.4 Å². The number of rotatable bonds is 28. The van der Waals surface area contributed by atoms with Crippen molar-refractivity contribution >= 4 is 119 Å². The largest absolute Gasteiger partial charge is 0.397 e. The van der Waals surface area contributed by atoms with E-state index in [1.165, 1.54) is 26.0 Å². The average molecular weight is 1170 g/mol. The number of benzene rings is 2. The van der Waals surface area contributed by atoms with E-state index in [9.17, 15) is 70.1 Å². The Morgan fingerprint density at radius 1 is 0.553 bits per heavy atom. The van der Waals surface area contributed by atoms with Gasteiger partial charge in [0.05, 0.1) is 47.2 Å². The van der Waals surface area contributed by atoms with E-state index in [1.807, 2.05) is 12.1 Å². The number of aromatic nitrogens is 2. The van der Waals surface area contributed by atoms with Crippen LogP contribution < -0.4 is 21.3 Å². The highest BCUT2D eigenvalue weighted by Gasteiger charge is 2.22. The summed E-state index contributed by atoms with van der Waals surface area (Å²) in [6.07, 6.45) is 2.10. The Morgan fingerprint density at radius 3 is 1.20 bits per heavy atom. The highest BCUT2D eigenvalue weighted by Crippen LogP contribution is 2.37. The Kier molecular flexibility index (Phi) is 20.6. The molecule has 408 valence electrons. The molecule has 76 heavy (non-hydrogen) atoms. The third kappa shape index (κ3) is 18.3. The van der Waals surface area contributed by atoms with Crippen LogP contribution in [-0.4, -0.2) is 130 Å². The van der Waals surface area contributed by atoms with E-state index in [2.05, 4.69) is 73.2 Å². The molecule has 0 aliphatic carbocycles. The summed E-state index contributed by atoms with van der Waals surface area (Å²) in [6, 6.07) is 10.2. The number of nitrogens with zero attached hydrogens (tertiary/aromatic N) is 8. The van der Waals surface area contributed by atoms with Gasteiger partial charge in [-0.05, 0) is 49.2 Å². The number of hydrogen-bond acceptors (Lipinski definition) is 26. The number of nitriles is 2. The van der Waals surface area contributed by atoms with Gasteiger partial charge >= 0.3 is 20.8 Å². The van der Waals surface area contributed by atoms with Crippen LogP contribution in [0.15, 0.2) is 90.6 Å². The first-order valence-electron chi connectivity index (χ1n) is 20.9. The second kappa shape index (κ2) is 25.6. The van der Waals surface area contributed by atoms with Gasteiger partial charge in [0.25, 0.3) is 20.2 Å². The molecule has 4 aromatic rings. The van der Waals surface area contributed by atoms with Gasteiger partial charge < -0.3 is 21.3 Å². The molecule has 0 aliphatic heterocycles. The summed E-state index contributed by atoms with van der Waals surface area (Å²) in [5.41, 5.74) is -1.48. The molecule has 0 fully saturated rings. The Labute approximate surface area is 436 Å². The molecule has 0 bridgehead atoms. The van der Waals surface area contributed by atoms with Crippen LogP contribution in [0.5, 0.6) is 0 Å². The molecule has 0 radical (unpaired) electrons. The average Bonchev–Trinajstić information content (AvgIpc) is 3.32. The number of pyridine rings is 2. The maximum absolute atomic E-state index is 12.7. The fourth-order valence-corrected chi connectivity index (χ4v) is 9.22. The van der Waals surface area contributed by atoms with Crippen LogP contribution >= 0.6 is 0 Å². The van der Waals surface area contributed by atoms with Gasteiger partial charge in [-0.1, -0.05) is 37.4 Å². The molecular weight excluding hydrogens is 1130 g/mol. The molecule has 0 saturated carbocycles. The van der Waals surface area contributed by atoms with Gasteiger partial charge in [0.1, 0.15) is 44.9 Å². The van der Waals surface area contributed by atoms with Crippen molar-refractivity contribution in [3.05, 3.63) is 93.8 Å². The van der Waals surface area contributed by atoms with Crippen molar-refractivity contribution in [2.75, 3.05) is 72.2 Å². The minimum Gasteiger partial charge on any atom is -0.368 e. The second-order valence-electron chi connectivity index (χ2n) is 14.9. The molecule has 0 atom stereocenters. The third-order valence-electron chi connectivity index (χ3n) is 9.70. The fourth-order valence-electron chi connectivity index (χ4n) is 6.12. The topological polar surface area (TPSA) is 475 Å². The van der Waals surface area contributed by atoms with Gasteiger partial charge in [-0.15, -0.1) is 10.2 Å². The van der Waals surface area contributed by atoms with E-state index >= 15 is 0 Å². The molecule has 30 nitrogen and oxygen atoms in total. The fraction of sp³-hybridized carbons (Fsp3) is 0.250. The summed E-state index contributed by atoms with van der Waals surface area (Å²) >= 11 is 0. The predicted octanol–water partition coefficient (Wildman–Crippen LogP) is 4.73. The van der Waals surface area contributed by atoms with E-state index in [1.54, 1.807) is 0 Å². The van der Waals surface area contributed by atoms with Crippen LogP contribution in [0, 0.1) is 36.5 Å². The first-order valence-corrected chi connectivity index (χ1v) is 29.9. The zero-order chi connectivity index (χ0) is 56.9. The van der Waals surface area contributed by atoms with E-state index in [0.717, 1.165) is 47.2 Å². The Morgan fingerprint density at radius 2 is 0.895 bits per heavy atom. The standard InChI is InChI=1S/C40H44N12O18S6/c1-5-71(53,54)19-15-45-37-31(23-41)25(3)35(39(47-37)43-13-17-69-75(63,64)65)51-49-29-11-9-27(33(21-29)73(57,58)59)7-8-28-10-12-30(22-34(28)74(60,61)62)50-52-36-26(4)32(24-42)38(46-16-20-72(55,56)6-2)48-40(36)44-14-18-70-76(66,67)68/h5-12,21-22H,1-2,13-20H2,3-4H3,(H2,43,45,47)(H2,44,46,48)(H,57,58,59)(H,60,61,62)(H,63,64,65)(H,66,67,68)/b8-7+,51-49+,52-50+. The summed E-state index contributed by atoms with van der Waals surface area (Å²) in [4.78, 5) is 6.94. The smallest absolute Gasteiger partial charge is 0.368 e. The molecule has 0 spiro atoms. The highest BCUT2D eigenvalue weighted by molar-refractivity contribution is 7.94. The van der Waals surface area contributed by atoms with Crippen molar-refractivity contribution in [2.45, 2.75) is 23.6 Å². The van der Waals surface area contributed by atoms with Crippen LogP contribution in [0.2, 0.25) is 0 Å². The van der Waals surface area contributed by atoms with Gasteiger partial charge in [0.15, 0.2) is 31.3 Å². The van der Waals surface area contributed by atoms with Crippen molar-refractivity contribution in [3.63, 3.8) is 0 Å². The molecule has 2 heterocycles. The van der Waals surface area contributed by atoms with E-state index in [-0.39, 0.29) is 106 Å². The van der Waals surface area contributed by atoms with E-state index < -0.39 is 95.2 Å². The molecule has 0 saturated heterocycles. The molecule has 2 aromatic carbocycles. The van der Waals surface area contributed by atoms with Crippen LogP contribution in [0.25, 0.3) is 12.2 Å². The molecule has 36 heteroatoms. The van der Waals surface area contributed by atoms with Crippen LogP contribution in [0.1, 0.15) is 33.4 Å². The zero-order valence-electron chi connectivity index (χ0n) is 39.4. The Balaban J connectivity index is 1.74. The lowest BCUT2D eigenvalue weighted by molar-refractivity contribution is 0.277. The van der Waals surface area contributed by atoms with Gasteiger partial charge in [0, 0.05) is 48.1 Å². The van der Waals surface area contributed by atoms with Crippen molar-refractivity contribution < 1.29 is 77.1 Å². The number of sulfone groups is 2. The number of azo groups is 2. The second-order valence-corrected chi connectivity index (χ2v) is 24.0. The van der Waals surface area contributed by atoms with Crippen molar-refractivity contribution in [3.8, 4) is 12.1 Å². The van der Waals surface area contributed by atoms with Gasteiger partial charge in [0.2, 0.25) is 0 Å². The maximum atomic E-state index is 12.7. The summed E-state index contributed by atoms with van der Waals surface area (Å²) in [5.74, 6) is -1.53. The third-order valence-corrected chi connectivity index (χ3v) is 15.0. The van der Waals surface area contributed by atoms with Crippen molar-refractivity contribution in [2.24, 2.45) is 20.5 Å². The SMILES string of the molecule is C=CS(=O)(=O)CCNc1nc(NCCOS(=O)(=O)O)c(/N=N/c2ccc(/C=C/c3ccc(/N=N/c4c(NCCOS(=O)(=O)O)nc(NCCS(=O)(=O)C=C)c(C#N)c4C)cc3S(=O)(=O)O)c(S(=O)(=O)O)c2)c(C)c1C#N. The quantitative estimate of drug-likeness (QED) is 0.0165. The Hall–Kier alpha value is -7.20. The van der Waals surface area contributed by atoms with Crippen molar-refractivity contribution in [1.82, 2.24) is 9.97 Å². The molecule has 0 amide bonds. The molecular formula is C40H44N12O18S6. The number of anilines is 4. The predicted molar refractivity (Wildman–Crippen MR) is 274 cm³/mol. The molecule has 2 aromatic heterocycles. The summed E-state index contributed by atoms with van der Waals surface area (Å²) in [7, 11) is -27.3. The lowest BCUT2D eigenvalue weighted by Crippen LogP contribution is -2.17. The van der Waals surface area contributed by atoms with Gasteiger partial charge in [-0.3, -0.25) is 18.2 Å². The highest BCUT2D eigenvalue weighted by atomic mass is 32.3. The number of hydrogen-bond donors (Lipinski definition) is 8. The van der Waals surface area contributed by atoms with Crippen LogP contribution in [0.3, 0.4) is 0 Å². The first-order chi connectivity index (χ1) is 35.3. The lowest BCUT2D eigenvalue weighted by atomic mass is 10.1. The van der Waals surface area contributed by atoms with Crippen molar-refractivity contribution in [1.29, 1.82) is 10.5 Å². The Bertz CT molecular complexity index is 3560. The summed E-state index contributed by atoms with van der Waals surface area (Å²) in [6.45, 7) is 6.79. The maximum Gasteiger partial charge on any atom is 0.397 e. The van der Waals surface area contributed by atoms with E-state index in [4.69, 9.17) is 9.11 Å². The normalized spacial score (nSPS) is 12.6. The van der Waals surface area contributed by atoms with E-state index in [0.29, 0.717) is 0 Å². The number of nitrogens with one attached hydrogen (secondary N) is 4. The van der Waals surface area contributed by atoms with Crippen LogP contribution in [0.4, 0.5) is 46.0 Å². The summed E-state index contributed by atoms with van der Waals surface area (Å²) in [5, 5.41) is 48.5. The van der Waals surface area contributed by atoms with Gasteiger partial charge in [-0.25, -0.2) is 35.2 Å². The molecule has 4 rings (SSSR count). The molecule has 0 unspecified atom stereocenters. The molecule has 8 N–H and O–H groups in total. The molecule has 0 aliphatic rings. The minimum absolute atomic E-state index is 0.0779. The monoisotopic (exact) mass is 1170 g/mol. The lowest BCUT2D eigenvalue weighted by Gasteiger charge is -2.15. The zero-order valence-corrected chi connectivity index (χ0v) is 44.3. The van der Waals surface area contributed by atoms with Crippen LogP contribution in [-0.2, 0) is 69.1 Å². The minimum atomic E-state index is -5.11. The first kappa shape index (κ1) is 61.3. The summed E-state index contributed by atoms with van der Waals surface area (Å²) < 4.78 is 190.